The van der Waals surface area contributed by atoms with Gasteiger partial charge in [-0.05, 0) is 32.0 Å². The lowest BCUT2D eigenvalue weighted by Crippen LogP contribution is -2.16. The molecule has 0 radical (unpaired) electrons. The highest BCUT2D eigenvalue weighted by atomic mass is 79.9. The zero-order valence-electron chi connectivity index (χ0n) is 9.22. The van der Waals surface area contributed by atoms with Crippen LogP contribution in [0, 0.1) is 0 Å². The predicted molar refractivity (Wildman–Crippen MR) is 62.8 cm³/mol. The summed E-state index contributed by atoms with van der Waals surface area (Å²) in [6.07, 6.45) is -4.43. The first-order chi connectivity index (χ1) is 7.80. The van der Waals surface area contributed by atoms with E-state index < -0.39 is 12.0 Å². The summed E-state index contributed by atoms with van der Waals surface area (Å²) in [5, 5.41) is 0. The Morgan fingerprint density at radius 2 is 1.94 bits per heavy atom. The maximum absolute atomic E-state index is 12.9. The molecular weight excluding hydrogens is 297 g/mol. The number of benzene rings is 1. The molecule has 0 aliphatic carbocycles. The predicted octanol–water partition coefficient (Wildman–Crippen LogP) is 4.40. The quantitative estimate of drug-likeness (QED) is 0.763. The Hall–Kier alpha value is -1.04. The van der Waals surface area contributed by atoms with Gasteiger partial charge in [0, 0.05) is 10.5 Å². The van der Waals surface area contributed by atoms with Gasteiger partial charge in [0.2, 0.25) is 5.82 Å². The Balaban J connectivity index is 2.81. The van der Waals surface area contributed by atoms with E-state index in [4.69, 9.17) is 0 Å². The summed E-state index contributed by atoms with van der Waals surface area (Å²) in [5.41, 5.74) is 0.843. The second kappa shape index (κ2) is 4.01. The minimum absolute atomic E-state index is 0.300. The molecule has 0 atom stereocenters. The van der Waals surface area contributed by atoms with E-state index in [0.29, 0.717) is 11.0 Å². The number of aromatic nitrogens is 2. The number of halogens is 4. The molecule has 0 fully saturated rings. The zero-order valence-corrected chi connectivity index (χ0v) is 10.8. The topological polar surface area (TPSA) is 17.8 Å². The standard InChI is InChI=1S/C11H10BrF3N2/c1-6(2)17-9-5-7(12)3-4-8(9)16-10(17)11(13,14)15/h3-6H,1-2H3. The number of imidazole rings is 1. The smallest absolute Gasteiger partial charge is 0.318 e. The molecule has 0 aliphatic rings. The molecule has 0 saturated carbocycles. The molecule has 0 bridgehead atoms. The van der Waals surface area contributed by atoms with Crippen LogP contribution in [0.25, 0.3) is 11.0 Å². The Morgan fingerprint density at radius 1 is 1.29 bits per heavy atom. The Kier molecular flexibility index (Phi) is 2.93. The first-order valence-corrected chi connectivity index (χ1v) is 5.84. The maximum atomic E-state index is 12.9. The first kappa shape index (κ1) is 12.4. The summed E-state index contributed by atoms with van der Waals surface area (Å²) in [4.78, 5) is 3.66. The fraction of sp³-hybridized carbons (Fsp3) is 0.364. The average Bonchev–Trinajstić information content (AvgIpc) is 2.55. The number of hydrogen-bond acceptors (Lipinski definition) is 1. The van der Waals surface area contributed by atoms with Crippen molar-refractivity contribution in [1.82, 2.24) is 9.55 Å². The summed E-state index contributed by atoms with van der Waals surface area (Å²) < 4.78 is 40.5. The molecule has 6 heteroatoms. The highest BCUT2D eigenvalue weighted by Gasteiger charge is 2.38. The van der Waals surface area contributed by atoms with Gasteiger partial charge in [0.15, 0.2) is 0 Å². The van der Waals surface area contributed by atoms with Gasteiger partial charge in [-0.1, -0.05) is 15.9 Å². The van der Waals surface area contributed by atoms with Crippen molar-refractivity contribution in [3.8, 4) is 0 Å². The molecule has 1 aromatic carbocycles. The van der Waals surface area contributed by atoms with Crippen LogP contribution in [-0.2, 0) is 6.18 Å². The van der Waals surface area contributed by atoms with Crippen LogP contribution in [0.1, 0.15) is 25.7 Å². The number of hydrogen-bond donors (Lipinski definition) is 0. The molecule has 2 rings (SSSR count). The highest BCUT2D eigenvalue weighted by molar-refractivity contribution is 9.10. The van der Waals surface area contributed by atoms with Crippen molar-refractivity contribution < 1.29 is 13.2 Å². The maximum Gasteiger partial charge on any atom is 0.449 e. The Morgan fingerprint density at radius 3 is 2.47 bits per heavy atom. The minimum atomic E-state index is -4.43. The molecule has 0 saturated heterocycles. The van der Waals surface area contributed by atoms with Crippen molar-refractivity contribution in [2.24, 2.45) is 0 Å². The SMILES string of the molecule is CC(C)n1c(C(F)(F)F)nc2ccc(Br)cc21. The normalized spacial score (nSPS) is 12.6. The Labute approximate surface area is 105 Å². The van der Waals surface area contributed by atoms with Crippen molar-refractivity contribution in [3.63, 3.8) is 0 Å². The molecule has 17 heavy (non-hydrogen) atoms. The van der Waals surface area contributed by atoms with Gasteiger partial charge in [0.1, 0.15) is 0 Å². The van der Waals surface area contributed by atoms with Gasteiger partial charge < -0.3 is 4.57 Å². The van der Waals surface area contributed by atoms with Gasteiger partial charge >= 0.3 is 6.18 Å². The van der Waals surface area contributed by atoms with Gasteiger partial charge in [0.05, 0.1) is 11.0 Å². The summed E-state index contributed by atoms with van der Waals surface area (Å²) in [6, 6.07) is 4.61. The van der Waals surface area contributed by atoms with Crippen LogP contribution in [-0.4, -0.2) is 9.55 Å². The number of nitrogens with zero attached hydrogens (tertiary/aromatic N) is 2. The van der Waals surface area contributed by atoms with Gasteiger partial charge in [-0.15, -0.1) is 0 Å². The monoisotopic (exact) mass is 306 g/mol. The fourth-order valence-corrected chi connectivity index (χ4v) is 2.14. The third-order valence-electron chi connectivity index (χ3n) is 2.42. The highest BCUT2D eigenvalue weighted by Crippen LogP contribution is 2.34. The third kappa shape index (κ3) is 2.18. The van der Waals surface area contributed by atoms with Crippen molar-refractivity contribution in [2.45, 2.75) is 26.1 Å². The van der Waals surface area contributed by atoms with E-state index in [1.165, 1.54) is 4.57 Å². The zero-order chi connectivity index (χ0) is 12.8. The van der Waals surface area contributed by atoms with Crippen LogP contribution in [0.15, 0.2) is 22.7 Å². The van der Waals surface area contributed by atoms with Crippen LogP contribution in [0.5, 0.6) is 0 Å². The molecule has 0 aliphatic heterocycles. The number of rotatable bonds is 1. The first-order valence-electron chi connectivity index (χ1n) is 5.05. The second-order valence-corrected chi connectivity index (χ2v) is 4.95. The second-order valence-electron chi connectivity index (χ2n) is 4.03. The lowest BCUT2D eigenvalue weighted by molar-refractivity contribution is -0.147. The van der Waals surface area contributed by atoms with Crippen LogP contribution in [0.3, 0.4) is 0 Å². The van der Waals surface area contributed by atoms with E-state index in [2.05, 4.69) is 20.9 Å². The van der Waals surface area contributed by atoms with Crippen molar-refractivity contribution >= 4 is 27.0 Å². The third-order valence-corrected chi connectivity index (χ3v) is 2.91. The van der Waals surface area contributed by atoms with E-state index in [9.17, 15) is 13.2 Å². The molecule has 2 aromatic rings. The number of fused-ring (bicyclic) bond motifs is 1. The summed E-state index contributed by atoms with van der Waals surface area (Å²) in [5.74, 6) is -0.847. The molecule has 1 aromatic heterocycles. The van der Waals surface area contributed by atoms with Gasteiger partial charge in [-0.3, -0.25) is 0 Å². The largest absolute Gasteiger partial charge is 0.449 e. The van der Waals surface area contributed by atoms with Crippen LogP contribution in [0.2, 0.25) is 0 Å². The summed E-state index contributed by atoms with van der Waals surface area (Å²) in [7, 11) is 0. The molecule has 0 N–H and O–H groups in total. The lowest BCUT2D eigenvalue weighted by atomic mass is 10.3. The van der Waals surface area contributed by atoms with Crippen LogP contribution in [0.4, 0.5) is 13.2 Å². The van der Waals surface area contributed by atoms with Crippen molar-refractivity contribution in [3.05, 3.63) is 28.5 Å². The van der Waals surface area contributed by atoms with Crippen LogP contribution < -0.4 is 0 Å². The average molecular weight is 307 g/mol. The molecule has 92 valence electrons. The van der Waals surface area contributed by atoms with Gasteiger partial charge in [-0.25, -0.2) is 4.98 Å². The van der Waals surface area contributed by atoms with E-state index in [0.717, 1.165) is 4.47 Å². The fourth-order valence-electron chi connectivity index (χ4n) is 1.79. The van der Waals surface area contributed by atoms with E-state index in [-0.39, 0.29) is 6.04 Å². The van der Waals surface area contributed by atoms with E-state index in [1.54, 1.807) is 32.0 Å². The van der Waals surface area contributed by atoms with Crippen molar-refractivity contribution in [2.75, 3.05) is 0 Å². The molecule has 1 heterocycles. The summed E-state index contributed by atoms with van der Waals surface area (Å²) in [6.45, 7) is 3.41. The van der Waals surface area contributed by atoms with Crippen molar-refractivity contribution in [1.29, 1.82) is 0 Å². The van der Waals surface area contributed by atoms with E-state index >= 15 is 0 Å². The van der Waals surface area contributed by atoms with E-state index in [1.807, 2.05) is 0 Å². The number of alkyl halides is 3. The van der Waals surface area contributed by atoms with Gasteiger partial charge in [0.25, 0.3) is 0 Å². The molecule has 0 unspecified atom stereocenters. The molecule has 0 amide bonds. The lowest BCUT2D eigenvalue weighted by Gasteiger charge is -2.14. The van der Waals surface area contributed by atoms with Gasteiger partial charge in [-0.2, -0.15) is 13.2 Å². The summed E-state index contributed by atoms with van der Waals surface area (Å²) >= 11 is 3.25. The molecule has 2 nitrogen and oxygen atoms in total. The molecular formula is C11H10BrF3N2. The molecule has 0 spiro atoms. The Bertz CT molecular complexity index is 558. The minimum Gasteiger partial charge on any atom is -0.318 e. The van der Waals surface area contributed by atoms with Crippen LogP contribution >= 0.6 is 15.9 Å².